The van der Waals surface area contributed by atoms with Crippen molar-refractivity contribution in [3.8, 4) is 17.0 Å². The second-order valence-electron chi connectivity index (χ2n) is 6.02. The molecule has 2 N–H and O–H groups in total. The van der Waals surface area contributed by atoms with Gasteiger partial charge in [0.05, 0.1) is 17.8 Å². The number of H-pyrrole nitrogens is 1. The molecule has 3 aromatic heterocycles. The fourth-order valence-electron chi connectivity index (χ4n) is 3.12. The van der Waals surface area contributed by atoms with E-state index in [0.29, 0.717) is 22.9 Å². The molecule has 7 heteroatoms. The number of methoxy groups -OCH3 is 1. The molecular weight excluding hydrogens is 384 g/mol. The van der Waals surface area contributed by atoms with Gasteiger partial charge in [-0.15, -0.1) is 0 Å². The van der Waals surface area contributed by atoms with Gasteiger partial charge in [0.2, 0.25) is 0 Å². The Balaban J connectivity index is 1.90. The SMILES string of the molecule is COc1cc2c(Cc3cccc(C(=O)O)n3)c(-c3ccsc3)[nH]c2cc1Cl. The Labute approximate surface area is 164 Å². The van der Waals surface area contributed by atoms with Crippen LogP contribution in [0.1, 0.15) is 21.7 Å². The molecular formula is C20H15ClN2O3S. The Hall–Kier alpha value is -2.83. The molecule has 27 heavy (non-hydrogen) atoms. The Morgan fingerprint density at radius 3 is 2.89 bits per heavy atom. The molecule has 1 aromatic carbocycles. The highest BCUT2D eigenvalue weighted by atomic mass is 35.5. The lowest BCUT2D eigenvalue weighted by Gasteiger charge is -2.06. The van der Waals surface area contributed by atoms with Gasteiger partial charge in [-0.05, 0) is 41.3 Å². The van der Waals surface area contributed by atoms with Crippen molar-refractivity contribution in [2.24, 2.45) is 0 Å². The lowest BCUT2D eigenvalue weighted by atomic mass is 10.0. The highest BCUT2D eigenvalue weighted by molar-refractivity contribution is 7.08. The summed E-state index contributed by atoms with van der Waals surface area (Å²) in [5, 5.41) is 14.8. The predicted octanol–water partition coefficient (Wildman–Crippen LogP) is 5.24. The van der Waals surface area contributed by atoms with Gasteiger partial charge in [0.25, 0.3) is 0 Å². The van der Waals surface area contributed by atoms with Gasteiger partial charge in [0, 0.05) is 34.0 Å². The number of carboxylic acids is 1. The van der Waals surface area contributed by atoms with Crippen LogP contribution in [0.25, 0.3) is 22.2 Å². The van der Waals surface area contributed by atoms with E-state index in [1.807, 2.05) is 29.6 Å². The summed E-state index contributed by atoms with van der Waals surface area (Å²) >= 11 is 7.90. The molecule has 5 nitrogen and oxygen atoms in total. The number of nitrogens with zero attached hydrogens (tertiary/aromatic N) is 1. The number of thiophene rings is 1. The summed E-state index contributed by atoms with van der Waals surface area (Å²) in [6, 6.07) is 10.8. The molecule has 0 fully saturated rings. The third-order valence-corrected chi connectivity index (χ3v) is 5.35. The van der Waals surface area contributed by atoms with Crippen molar-refractivity contribution in [1.82, 2.24) is 9.97 Å². The molecule has 0 atom stereocenters. The van der Waals surface area contributed by atoms with Gasteiger partial charge in [-0.2, -0.15) is 11.3 Å². The fourth-order valence-corrected chi connectivity index (χ4v) is 4.01. The van der Waals surface area contributed by atoms with E-state index in [-0.39, 0.29) is 5.69 Å². The number of hydrogen-bond donors (Lipinski definition) is 2. The van der Waals surface area contributed by atoms with Crippen molar-refractivity contribution in [2.75, 3.05) is 7.11 Å². The summed E-state index contributed by atoms with van der Waals surface area (Å²) in [4.78, 5) is 19.0. The van der Waals surface area contributed by atoms with E-state index in [9.17, 15) is 9.90 Å². The van der Waals surface area contributed by atoms with Crippen LogP contribution >= 0.6 is 22.9 Å². The molecule has 4 rings (SSSR count). The number of halogens is 1. The first-order chi connectivity index (χ1) is 13.1. The second-order valence-corrected chi connectivity index (χ2v) is 7.21. The molecule has 0 aliphatic carbocycles. The van der Waals surface area contributed by atoms with Crippen molar-refractivity contribution in [2.45, 2.75) is 6.42 Å². The lowest BCUT2D eigenvalue weighted by Crippen LogP contribution is -2.03. The topological polar surface area (TPSA) is 75.2 Å². The first-order valence-electron chi connectivity index (χ1n) is 8.16. The minimum atomic E-state index is -1.04. The van der Waals surface area contributed by atoms with Gasteiger partial charge in [-0.3, -0.25) is 0 Å². The molecule has 0 saturated heterocycles. The number of rotatable bonds is 5. The molecule has 136 valence electrons. The standard InChI is InChI=1S/C20H15ClN2O3S/c1-26-18-8-13-14(7-12-3-2-4-16(22-12)20(24)25)19(11-5-6-27-10-11)23-17(13)9-15(18)21/h2-6,8-10,23H,7H2,1H3,(H,24,25). The number of benzene rings is 1. The molecule has 0 aliphatic heterocycles. The Morgan fingerprint density at radius 1 is 1.33 bits per heavy atom. The molecule has 0 spiro atoms. The van der Waals surface area contributed by atoms with Gasteiger partial charge in [0.15, 0.2) is 0 Å². The maximum atomic E-state index is 11.2. The Morgan fingerprint density at radius 2 is 2.19 bits per heavy atom. The van der Waals surface area contributed by atoms with Crippen LogP contribution in [0.4, 0.5) is 0 Å². The summed E-state index contributed by atoms with van der Waals surface area (Å²) < 4.78 is 5.37. The molecule has 0 saturated carbocycles. The van der Waals surface area contributed by atoms with Crippen LogP contribution in [0.5, 0.6) is 5.75 Å². The lowest BCUT2D eigenvalue weighted by molar-refractivity contribution is 0.0690. The number of fused-ring (bicyclic) bond motifs is 1. The maximum Gasteiger partial charge on any atom is 0.354 e. The number of aromatic nitrogens is 2. The fraction of sp³-hybridized carbons (Fsp3) is 0.100. The van der Waals surface area contributed by atoms with Crippen molar-refractivity contribution < 1.29 is 14.6 Å². The van der Waals surface area contributed by atoms with Crippen molar-refractivity contribution in [3.05, 3.63) is 69.1 Å². The van der Waals surface area contributed by atoms with Crippen LogP contribution in [0, 0.1) is 0 Å². The quantitative estimate of drug-likeness (QED) is 0.482. The number of hydrogen-bond acceptors (Lipinski definition) is 4. The third-order valence-electron chi connectivity index (χ3n) is 4.37. The summed E-state index contributed by atoms with van der Waals surface area (Å²) in [5.74, 6) is -0.448. The monoisotopic (exact) mass is 398 g/mol. The van der Waals surface area contributed by atoms with E-state index in [0.717, 1.165) is 27.7 Å². The number of carboxylic acid groups (broad SMARTS) is 1. The molecule has 0 amide bonds. The molecule has 3 heterocycles. The molecule has 0 aliphatic rings. The summed E-state index contributed by atoms with van der Waals surface area (Å²) in [7, 11) is 1.58. The van der Waals surface area contributed by atoms with Crippen LogP contribution in [-0.4, -0.2) is 28.2 Å². The van der Waals surface area contributed by atoms with Gasteiger partial charge in [-0.1, -0.05) is 17.7 Å². The zero-order valence-corrected chi connectivity index (χ0v) is 15.9. The van der Waals surface area contributed by atoms with E-state index < -0.39 is 5.97 Å². The normalized spacial score (nSPS) is 11.0. The van der Waals surface area contributed by atoms with E-state index in [1.165, 1.54) is 6.07 Å². The highest BCUT2D eigenvalue weighted by Gasteiger charge is 2.17. The number of aromatic amines is 1. The van der Waals surface area contributed by atoms with Gasteiger partial charge in [0.1, 0.15) is 11.4 Å². The first kappa shape index (κ1) is 17.6. The molecule has 4 aromatic rings. The Kier molecular flexibility index (Phi) is 4.59. The zero-order valence-electron chi connectivity index (χ0n) is 14.3. The van der Waals surface area contributed by atoms with Crippen LogP contribution < -0.4 is 4.74 Å². The minimum absolute atomic E-state index is 0.0325. The molecule has 0 radical (unpaired) electrons. The average molecular weight is 399 g/mol. The highest BCUT2D eigenvalue weighted by Crippen LogP contribution is 2.37. The van der Waals surface area contributed by atoms with Crippen LogP contribution in [0.3, 0.4) is 0 Å². The summed E-state index contributed by atoms with van der Waals surface area (Å²) in [5.41, 5.74) is 4.67. The number of ether oxygens (including phenoxy) is 1. The predicted molar refractivity (Wildman–Crippen MR) is 107 cm³/mol. The van der Waals surface area contributed by atoms with Crippen LogP contribution in [0.2, 0.25) is 5.02 Å². The summed E-state index contributed by atoms with van der Waals surface area (Å²) in [6.45, 7) is 0. The van der Waals surface area contributed by atoms with Crippen molar-refractivity contribution in [1.29, 1.82) is 0 Å². The van der Waals surface area contributed by atoms with E-state index in [1.54, 1.807) is 24.5 Å². The smallest absolute Gasteiger partial charge is 0.354 e. The van der Waals surface area contributed by atoms with Crippen molar-refractivity contribution >= 4 is 39.8 Å². The van der Waals surface area contributed by atoms with E-state index in [2.05, 4.69) is 15.3 Å². The van der Waals surface area contributed by atoms with Gasteiger partial charge >= 0.3 is 5.97 Å². The average Bonchev–Trinajstić information content (AvgIpc) is 3.29. The zero-order chi connectivity index (χ0) is 19.0. The molecule has 0 bridgehead atoms. The third kappa shape index (κ3) is 3.29. The second kappa shape index (κ2) is 7.06. The Bertz CT molecular complexity index is 1140. The first-order valence-corrected chi connectivity index (χ1v) is 9.48. The maximum absolute atomic E-state index is 11.2. The van der Waals surface area contributed by atoms with E-state index >= 15 is 0 Å². The number of pyridine rings is 1. The number of carbonyl (C=O) groups is 1. The number of nitrogens with one attached hydrogen (secondary N) is 1. The number of aromatic carboxylic acids is 1. The largest absolute Gasteiger partial charge is 0.495 e. The molecule has 0 unspecified atom stereocenters. The van der Waals surface area contributed by atoms with Crippen LogP contribution in [0.15, 0.2) is 47.2 Å². The van der Waals surface area contributed by atoms with Crippen molar-refractivity contribution in [3.63, 3.8) is 0 Å². The van der Waals surface area contributed by atoms with E-state index in [4.69, 9.17) is 16.3 Å². The van der Waals surface area contributed by atoms with Gasteiger partial charge in [-0.25, -0.2) is 9.78 Å². The van der Waals surface area contributed by atoms with Gasteiger partial charge < -0.3 is 14.8 Å². The minimum Gasteiger partial charge on any atom is -0.495 e. The summed E-state index contributed by atoms with van der Waals surface area (Å²) in [6.07, 6.45) is 0.483. The van der Waals surface area contributed by atoms with Crippen LogP contribution in [-0.2, 0) is 6.42 Å².